The first-order valence-electron chi connectivity index (χ1n) is 5.22. The number of sulfonamides is 1. The summed E-state index contributed by atoms with van der Waals surface area (Å²) < 4.78 is 26.8. The highest BCUT2D eigenvalue weighted by molar-refractivity contribution is 9.10. The zero-order valence-corrected chi connectivity index (χ0v) is 11.9. The lowest BCUT2D eigenvalue weighted by molar-refractivity contribution is 0.598. The molecule has 1 rings (SSSR count). The van der Waals surface area contributed by atoms with Gasteiger partial charge in [0.2, 0.25) is 10.0 Å². The number of unbranched alkanes of at least 4 members (excludes halogenated alkanes) is 1. The minimum atomic E-state index is -3.22. The highest BCUT2D eigenvalue weighted by atomic mass is 79.9. The van der Waals surface area contributed by atoms with Gasteiger partial charge in [0, 0.05) is 4.47 Å². The van der Waals surface area contributed by atoms with Crippen molar-refractivity contribution in [1.82, 2.24) is 0 Å². The van der Waals surface area contributed by atoms with Gasteiger partial charge in [-0.1, -0.05) is 25.5 Å². The lowest BCUT2D eigenvalue weighted by Crippen LogP contribution is -2.16. The van der Waals surface area contributed by atoms with E-state index >= 15 is 0 Å². The standard InChI is InChI=1S/C11H16BrNO2S/c1-3-4-8-16(14,15)13-10-7-5-6-9(2)11(10)12/h5-7,13H,3-4,8H2,1-2H3. The van der Waals surface area contributed by atoms with Gasteiger partial charge in [0.15, 0.2) is 0 Å². The van der Waals surface area contributed by atoms with Crippen LogP contribution in [0.5, 0.6) is 0 Å². The number of hydrogen-bond acceptors (Lipinski definition) is 2. The molecule has 1 aromatic carbocycles. The SMILES string of the molecule is CCCCS(=O)(=O)Nc1cccc(C)c1Br. The smallest absolute Gasteiger partial charge is 0.232 e. The largest absolute Gasteiger partial charge is 0.282 e. The summed E-state index contributed by atoms with van der Waals surface area (Å²) >= 11 is 3.37. The molecule has 1 aromatic rings. The molecule has 0 radical (unpaired) electrons. The summed E-state index contributed by atoms with van der Waals surface area (Å²) in [4.78, 5) is 0. The van der Waals surface area contributed by atoms with E-state index in [1.165, 1.54) is 0 Å². The molecule has 0 aromatic heterocycles. The third-order valence-electron chi connectivity index (χ3n) is 2.22. The van der Waals surface area contributed by atoms with E-state index in [1.807, 2.05) is 26.0 Å². The molecule has 0 amide bonds. The maximum atomic E-state index is 11.7. The second-order valence-electron chi connectivity index (χ2n) is 3.71. The van der Waals surface area contributed by atoms with E-state index < -0.39 is 10.0 Å². The molecule has 0 bridgehead atoms. The van der Waals surface area contributed by atoms with Crippen LogP contribution in [0, 0.1) is 6.92 Å². The van der Waals surface area contributed by atoms with E-state index in [9.17, 15) is 8.42 Å². The van der Waals surface area contributed by atoms with Crippen LogP contribution >= 0.6 is 15.9 Å². The molecular weight excluding hydrogens is 290 g/mol. The van der Waals surface area contributed by atoms with Gasteiger partial charge < -0.3 is 0 Å². The van der Waals surface area contributed by atoms with Crippen molar-refractivity contribution in [3.05, 3.63) is 28.2 Å². The Labute approximate surface area is 105 Å². The second kappa shape index (κ2) is 5.68. The topological polar surface area (TPSA) is 46.2 Å². The molecule has 90 valence electrons. The Morgan fingerprint density at radius 1 is 1.38 bits per heavy atom. The zero-order chi connectivity index (χ0) is 12.2. The molecular formula is C11H16BrNO2S. The molecule has 0 aliphatic rings. The molecule has 0 aliphatic carbocycles. The van der Waals surface area contributed by atoms with Crippen LogP contribution in [0.15, 0.2) is 22.7 Å². The first-order valence-corrected chi connectivity index (χ1v) is 7.66. The molecule has 3 nitrogen and oxygen atoms in total. The normalized spacial score (nSPS) is 11.4. The third kappa shape index (κ3) is 3.79. The summed E-state index contributed by atoms with van der Waals surface area (Å²) in [5.41, 5.74) is 1.62. The molecule has 0 saturated heterocycles. The fourth-order valence-electron chi connectivity index (χ4n) is 1.28. The summed E-state index contributed by atoms with van der Waals surface area (Å²) in [5.74, 6) is 0.171. The highest BCUT2D eigenvalue weighted by Crippen LogP contribution is 2.26. The van der Waals surface area contributed by atoms with E-state index in [0.717, 1.165) is 16.5 Å². The molecule has 0 atom stereocenters. The fraction of sp³-hybridized carbons (Fsp3) is 0.455. The van der Waals surface area contributed by atoms with Crippen molar-refractivity contribution in [1.29, 1.82) is 0 Å². The molecule has 0 spiro atoms. The number of halogens is 1. The Kier molecular flexibility index (Phi) is 4.80. The lowest BCUT2D eigenvalue weighted by atomic mass is 10.2. The van der Waals surface area contributed by atoms with Crippen LogP contribution in [0.2, 0.25) is 0 Å². The highest BCUT2D eigenvalue weighted by Gasteiger charge is 2.11. The maximum absolute atomic E-state index is 11.7. The minimum absolute atomic E-state index is 0.171. The monoisotopic (exact) mass is 305 g/mol. The first-order chi connectivity index (χ1) is 7.46. The second-order valence-corrected chi connectivity index (χ2v) is 6.35. The number of hydrogen-bond donors (Lipinski definition) is 1. The van der Waals surface area contributed by atoms with Gasteiger partial charge in [-0.2, -0.15) is 0 Å². The maximum Gasteiger partial charge on any atom is 0.232 e. The summed E-state index contributed by atoms with van der Waals surface area (Å²) in [6.07, 6.45) is 1.55. The fourth-order valence-corrected chi connectivity index (χ4v) is 3.05. The van der Waals surface area contributed by atoms with Crippen LogP contribution in [0.4, 0.5) is 5.69 Å². The van der Waals surface area contributed by atoms with Gasteiger partial charge in [-0.25, -0.2) is 8.42 Å². The molecule has 0 aliphatic heterocycles. The van der Waals surface area contributed by atoms with Crippen molar-refractivity contribution in [2.24, 2.45) is 0 Å². The number of nitrogens with one attached hydrogen (secondary N) is 1. The summed E-state index contributed by atoms with van der Waals surface area (Å²) in [5, 5.41) is 0. The molecule has 0 heterocycles. The van der Waals surface area contributed by atoms with Crippen molar-refractivity contribution in [2.75, 3.05) is 10.5 Å². The van der Waals surface area contributed by atoms with E-state index in [1.54, 1.807) is 6.07 Å². The first kappa shape index (κ1) is 13.5. The van der Waals surface area contributed by atoms with E-state index in [-0.39, 0.29) is 5.75 Å². The number of aryl methyl sites for hydroxylation is 1. The van der Waals surface area contributed by atoms with Crippen LogP contribution in [-0.2, 0) is 10.0 Å². The number of rotatable bonds is 5. The molecule has 5 heteroatoms. The van der Waals surface area contributed by atoms with Gasteiger partial charge in [-0.05, 0) is 40.9 Å². The Morgan fingerprint density at radius 3 is 2.69 bits per heavy atom. The van der Waals surface area contributed by atoms with Crippen LogP contribution in [-0.4, -0.2) is 14.2 Å². The van der Waals surface area contributed by atoms with Crippen LogP contribution in [0.1, 0.15) is 25.3 Å². The van der Waals surface area contributed by atoms with Crippen LogP contribution in [0.25, 0.3) is 0 Å². The van der Waals surface area contributed by atoms with Gasteiger partial charge in [0.05, 0.1) is 11.4 Å². The number of anilines is 1. The predicted molar refractivity (Wildman–Crippen MR) is 71.2 cm³/mol. The van der Waals surface area contributed by atoms with Crippen LogP contribution in [0.3, 0.4) is 0 Å². The zero-order valence-electron chi connectivity index (χ0n) is 9.46. The Balaban J connectivity index is 2.84. The lowest BCUT2D eigenvalue weighted by Gasteiger charge is -2.10. The summed E-state index contributed by atoms with van der Waals surface area (Å²) in [6.45, 7) is 3.89. The van der Waals surface area contributed by atoms with Crippen molar-refractivity contribution in [3.63, 3.8) is 0 Å². The van der Waals surface area contributed by atoms with Crippen molar-refractivity contribution in [2.45, 2.75) is 26.7 Å². The molecule has 0 saturated carbocycles. The molecule has 16 heavy (non-hydrogen) atoms. The molecule has 1 N–H and O–H groups in total. The average molecular weight is 306 g/mol. The van der Waals surface area contributed by atoms with Gasteiger partial charge >= 0.3 is 0 Å². The third-order valence-corrected chi connectivity index (χ3v) is 4.63. The van der Waals surface area contributed by atoms with Crippen LogP contribution < -0.4 is 4.72 Å². The molecule has 0 unspecified atom stereocenters. The molecule has 0 fully saturated rings. The van der Waals surface area contributed by atoms with Gasteiger partial charge in [0.25, 0.3) is 0 Å². The quantitative estimate of drug-likeness (QED) is 0.907. The summed E-state index contributed by atoms with van der Waals surface area (Å²) in [7, 11) is -3.22. The predicted octanol–water partition coefficient (Wildman–Crippen LogP) is 3.30. The van der Waals surface area contributed by atoms with E-state index in [4.69, 9.17) is 0 Å². The van der Waals surface area contributed by atoms with Gasteiger partial charge in [-0.15, -0.1) is 0 Å². The van der Waals surface area contributed by atoms with E-state index in [2.05, 4.69) is 20.7 Å². The Hall–Kier alpha value is -0.550. The Morgan fingerprint density at radius 2 is 2.06 bits per heavy atom. The van der Waals surface area contributed by atoms with E-state index in [0.29, 0.717) is 12.1 Å². The number of benzene rings is 1. The average Bonchev–Trinajstić information content (AvgIpc) is 2.22. The van der Waals surface area contributed by atoms with Crippen molar-refractivity contribution >= 4 is 31.6 Å². The summed E-state index contributed by atoms with van der Waals surface area (Å²) in [6, 6.07) is 5.51. The van der Waals surface area contributed by atoms with Gasteiger partial charge in [0.1, 0.15) is 0 Å². The minimum Gasteiger partial charge on any atom is -0.282 e. The van der Waals surface area contributed by atoms with Gasteiger partial charge in [-0.3, -0.25) is 4.72 Å². The Bertz CT molecular complexity index is 457. The van der Waals surface area contributed by atoms with Crippen molar-refractivity contribution < 1.29 is 8.42 Å². The van der Waals surface area contributed by atoms with Crippen molar-refractivity contribution in [3.8, 4) is 0 Å².